The van der Waals surface area contributed by atoms with E-state index in [2.05, 4.69) is 10.6 Å². The molecule has 1 aliphatic rings. The van der Waals surface area contributed by atoms with Gasteiger partial charge in [0.2, 0.25) is 0 Å². The third kappa shape index (κ3) is 4.11. The quantitative estimate of drug-likeness (QED) is 0.767. The summed E-state index contributed by atoms with van der Waals surface area (Å²) in [5.74, 6) is 0.133. The Morgan fingerprint density at radius 2 is 2.09 bits per heavy atom. The van der Waals surface area contributed by atoms with Crippen LogP contribution in [0.4, 0.5) is 5.69 Å². The van der Waals surface area contributed by atoms with E-state index in [1.807, 2.05) is 13.8 Å². The van der Waals surface area contributed by atoms with E-state index < -0.39 is 0 Å². The molecule has 0 unspecified atom stereocenters. The van der Waals surface area contributed by atoms with Crippen molar-refractivity contribution in [2.75, 3.05) is 18.5 Å². The summed E-state index contributed by atoms with van der Waals surface area (Å²) in [4.78, 5) is 23.5. The van der Waals surface area contributed by atoms with Gasteiger partial charge in [-0.1, -0.05) is 13.8 Å². The lowest BCUT2D eigenvalue weighted by molar-refractivity contribution is -0.118. The first-order valence-corrected chi connectivity index (χ1v) is 7.11. The fraction of sp³-hybridized carbons (Fsp3) is 0.467. The zero-order chi connectivity index (χ0) is 15.5. The summed E-state index contributed by atoms with van der Waals surface area (Å²) >= 11 is 0. The molecular formula is C15H22ClN3O3. The van der Waals surface area contributed by atoms with Crippen molar-refractivity contribution in [3.8, 4) is 5.75 Å². The number of rotatable bonds is 5. The summed E-state index contributed by atoms with van der Waals surface area (Å²) in [5, 5.41) is 5.52. The maximum Gasteiger partial charge on any atom is 0.262 e. The Morgan fingerprint density at radius 3 is 2.73 bits per heavy atom. The second-order valence-corrected chi connectivity index (χ2v) is 5.30. The number of fused-ring (bicyclic) bond motifs is 1. The van der Waals surface area contributed by atoms with Crippen LogP contribution in [0.5, 0.6) is 5.75 Å². The molecule has 0 saturated carbocycles. The minimum absolute atomic E-state index is 0. The average molecular weight is 328 g/mol. The number of benzene rings is 1. The van der Waals surface area contributed by atoms with E-state index in [1.165, 1.54) is 0 Å². The zero-order valence-electron chi connectivity index (χ0n) is 12.8. The molecule has 0 fully saturated rings. The smallest absolute Gasteiger partial charge is 0.262 e. The van der Waals surface area contributed by atoms with Crippen LogP contribution in [0, 0.1) is 0 Å². The molecule has 0 atom stereocenters. The van der Waals surface area contributed by atoms with Crippen LogP contribution in [0.15, 0.2) is 18.2 Å². The monoisotopic (exact) mass is 327 g/mol. The van der Waals surface area contributed by atoms with Crippen molar-refractivity contribution in [1.29, 1.82) is 0 Å². The Hall–Kier alpha value is -1.79. The minimum atomic E-state index is -0.388. The zero-order valence-corrected chi connectivity index (χ0v) is 13.6. The molecule has 2 amide bonds. The van der Waals surface area contributed by atoms with E-state index >= 15 is 0 Å². The van der Waals surface area contributed by atoms with Gasteiger partial charge in [-0.15, -0.1) is 12.4 Å². The van der Waals surface area contributed by atoms with Gasteiger partial charge in [-0.3, -0.25) is 9.59 Å². The Labute approximate surface area is 136 Å². The summed E-state index contributed by atoms with van der Waals surface area (Å²) in [5.41, 5.74) is 6.76. The molecule has 1 aromatic rings. The van der Waals surface area contributed by atoms with Gasteiger partial charge in [0, 0.05) is 17.6 Å². The van der Waals surface area contributed by atoms with Gasteiger partial charge in [0.05, 0.1) is 5.69 Å². The third-order valence-electron chi connectivity index (χ3n) is 3.88. The Kier molecular flexibility index (Phi) is 6.20. The van der Waals surface area contributed by atoms with Crippen LogP contribution in [0.1, 0.15) is 37.0 Å². The number of nitrogens with one attached hydrogen (secondary N) is 2. The molecule has 122 valence electrons. The number of hydrogen-bond donors (Lipinski definition) is 3. The van der Waals surface area contributed by atoms with E-state index in [1.54, 1.807) is 18.2 Å². The van der Waals surface area contributed by atoms with Gasteiger partial charge in [-0.25, -0.2) is 0 Å². The molecule has 1 heterocycles. The van der Waals surface area contributed by atoms with Crippen LogP contribution in [0.25, 0.3) is 0 Å². The van der Waals surface area contributed by atoms with Crippen molar-refractivity contribution in [1.82, 2.24) is 5.32 Å². The van der Waals surface area contributed by atoms with Gasteiger partial charge in [0.1, 0.15) is 5.75 Å². The summed E-state index contributed by atoms with van der Waals surface area (Å²) < 4.78 is 5.26. The molecule has 1 aromatic carbocycles. The lowest BCUT2D eigenvalue weighted by Crippen LogP contribution is -2.49. The first-order chi connectivity index (χ1) is 9.97. The van der Waals surface area contributed by atoms with Crippen LogP contribution in [-0.4, -0.2) is 30.5 Å². The average Bonchev–Trinajstić information content (AvgIpc) is 2.51. The van der Waals surface area contributed by atoms with Crippen molar-refractivity contribution >= 4 is 29.9 Å². The van der Waals surface area contributed by atoms with Gasteiger partial charge >= 0.3 is 0 Å². The lowest BCUT2D eigenvalue weighted by Gasteiger charge is -2.27. The number of carbonyl (C=O) groups excluding carboxylic acids is 2. The van der Waals surface area contributed by atoms with E-state index in [9.17, 15) is 9.59 Å². The Morgan fingerprint density at radius 1 is 1.41 bits per heavy atom. The van der Waals surface area contributed by atoms with Gasteiger partial charge < -0.3 is 21.1 Å². The molecule has 0 aromatic heterocycles. The molecule has 22 heavy (non-hydrogen) atoms. The van der Waals surface area contributed by atoms with E-state index in [-0.39, 0.29) is 36.4 Å². The van der Waals surface area contributed by atoms with Crippen molar-refractivity contribution in [3.63, 3.8) is 0 Å². The molecule has 7 heteroatoms. The summed E-state index contributed by atoms with van der Waals surface area (Å²) in [7, 11) is 0. The lowest BCUT2D eigenvalue weighted by atomic mass is 9.94. The van der Waals surface area contributed by atoms with Crippen molar-refractivity contribution < 1.29 is 14.3 Å². The molecule has 0 bridgehead atoms. The van der Waals surface area contributed by atoms with Gasteiger partial charge in [0.25, 0.3) is 11.8 Å². The predicted molar refractivity (Wildman–Crippen MR) is 87.6 cm³/mol. The summed E-state index contributed by atoms with van der Waals surface area (Å²) in [6, 6.07) is 4.96. The number of anilines is 1. The maximum atomic E-state index is 12.2. The number of nitrogens with two attached hydrogens (primary N) is 1. The van der Waals surface area contributed by atoms with Crippen LogP contribution in [-0.2, 0) is 4.79 Å². The van der Waals surface area contributed by atoms with Crippen molar-refractivity contribution in [2.24, 2.45) is 5.73 Å². The van der Waals surface area contributed by atoms with Crippen LogP contribution in [0.2, 0.25) is 0 Å². The molecule has 2 rings (SSSR count). The Balaban J connectivity index is 0.00000242. The number of amides is 2. The molecular weight excluding hydrogens is 306 g/mol. The first-order valence-electron chi connectivity index (χ1n) is 7.11. The van der Waals surface area contributed by atoms with Crippen LogP contribution >= 0.6 is 12.4 Å². The topological polar surface area (TPSA) is 93.5 Å². The second kappa shape index (κ2) is 7.47. The summed E-state index contributed by atoms with van der Waals surface area (Å²) in [6.07, 6.45) is 1.58. The fourth-order valence-corrected chi connectivity index (χ4v) is 2.08. The largest absolute Gasteiger partial charge is 0.482 e. The van der Waals surface area contributed by atoms with Crippen molar-refractivity contribution in [2.45, 2.75) is 32.2 Å². The first kappa shape index (κ1) is 18.3. The predicted octanol–water partition coefficient (Wildman–Crippen LogP) is 1.69. The highest BCUT2D eigenvalue weighted by molar-refractivity contribution is 5.99. The van der Waals surface area contributed by atoms with Crippen molar-refractivity contribution in [3.05, 3.63) is 23.8 Å². The number of carbonyl (C=O) groups is 2. The fourth-order valence-electron chi connectivity index (χ4n) is 2.08. The molecule has 1 aliphatic heterocycles. The van der Waals surface area contributed by atoms with Gasteiger partial charge in [0.15, 0.2) is 6.61 Å². The molecule has 0 aliphatic carbocycles. The van der Waals surface area contributed by atoms with E-state index in [4.69, 9.17) is 10.5 Å². The Bertz CT molecular complexity index is 559. The van der Waals surface area contributed by atoms with Crippen LogP contribution in [0.3, 0.4) is 0 Å². The standard InChI is InChI=1S/C15H21N3O3.ClH/c1-3-15(16,4-2)9-17-14(20)10-5-6-12-11(7-10)18-13(19)8-21-12;/h5-7H,3-4,8-9,16H2,1-2H3,(H,17,20)(H,18,19);1H. The normalized spacial score (nSPS) is 13.3. The van der Waals surface area contributed by atoms with Gasteiger partial charge in [-0.05, 0) is 31.0 Å². The highest BCUT2D eigenvalue weighted by Gasteiger charge is 2.22. The highest BCUT2D eigenvalue weighted by Crippen LogP contribution is 2.28. The highest BCUT2D eigenvalue weighted by atomic mass is 35.5. The molecule has 0 saturated heterocycles. The van der Waals surface area contributed by atoms with Gasteiger partial charge in [-0.2, -0.15) is 0 Å². The minimum Gasteiger partial charge on any atom is -0.482 e. The van der Waals surface area contributed by atoms with Crippen LogP contribution < -0.4 is 21.1 Å². The molecule has 6 nitrogen and oxygen atoms in total. The SMILES string of the molecule is CCC(N)(CC)CNC(=O)c1ccc2c(c1)NC(=O)CO2.Cl. The maximum absolute atomic E-state index is 12.2. The molecule has 0 radical (unpaired) electrons. The number of ether oxygens (including phenoxy) is 1. The van der Waals surface area contributed by atoms with E-state index in [0.29, 0.717) is 23.5 Å². The second-order valence-electron chi connectivity index (χ2n) is 5.30. The number of halogens is 1. The third-order valence-corrected chi connectivity index (χ3v) is 3.88. The molecule has 0 spiro atoms. The van der Waals surface area contributed by atoms with E-state index in [0.717, 1.165) is 12.8 Å². The number of hydrogen-bond acceptors (Lipinski definition) is 4. The molecule has 4 N–H and O–H groups in total. The summed E-state index contributed by atoms with van der Waals surface area (Å²) in [6.45, 7) is 4.42.